The molecule has 1 aliphatic carbocycles. The van der Waals surface area contributed by atoms with E-state index >= 15 is 0 Å². The van der Waals surface area contributed by atoms with Crippen molar-refractivity contribution in [2.24, 2.45) is 0 Å². The van der Waals surface area contributed by atoms with Crippen LogP contribution in [0.4, 0.5) is 18.9 Å². The first-order chi connectivity index (χ1) is 14.2. The van der Waals surface area contributed by atoms with E-state index in [0.717, 1.165) is 6.07 Å². The van der Waals surface area contributed by atoms with E-state index in [4.69, 9.17) is 21.4 Å². The van der Waals surface area contributed by atoms with E-state index in [-0.39, 0.29) is 34.1 Å². The molecule has 0 spiro atoms. The first kappa shape index (κ1) is 21.7. The van der Waals surface area contributed by atoms with Crippen LogP contribution in [-0.2, 0) is 22.4 Å². The monoisotopic (exact) mass is 439 g/mol. The summed E-state index contributed by atoms with van der Waals surface area (Å²) in [6, 6.07) is 9.37. The molecule has 0 aliphatic heterocycles. The molecule has 158 valence electrons. The second kappa shape index (κ2) is 8.79. The van der Waals surface area contributed by atoms with Gasteiger partial charge in [0.1, 0.15) is 12.4 Å². The third kappa shape index (κ3) is 4.94. The van der Waals surface area contributed by atoms with Crippen molar-refractivity contribution in [3.63, 3.8) is 0 Å². The Morgan fingerprint density at radius 1 is 1.10 bits per heavy atom. The van der Waals surface area contributed by atoms with Gasteiger partial charge in [-0.15, -0.1) is 0 Å². The number of rotatable bonds is 6. The van der Waals surface area contributed by atoms with Crippen molar-refractivity contribution in [3.8, 4) is 5.75 Å². The molecule has 0 bridgehead atoms. The minimum absolute atomic E-state index is 0.0344. The maximum absolute atomic E-state index is 13.1. The van der Waals surface area contributed by atoms with E-state index in [9.17, 15) is 22.8 Å². The Morgan fingerprint density at radius 2 is 1.80 bits per heavy atom. The number of carbonyl (C=O) groups excluding carboxylic acids is 1. The van der Waals surface area contributed by atoms with Gasteiger partial charge in [0, 0.05) is 22.4 Å². The van der Waals surface area contributed by atoms with Gasteiger partial charge < -0.3 is 15.2 Å². The highest BCUT2D eigenvalue weighted by atomic mass is 35.5. The van der Waals surface area contributed by atoms with Gasteiger partial charge in [0.05, 0.1) is 10.6 Å². The lowest BCUT2D eigenvalue weighted by molar-refractivity contribution is -0.138. The standard InChI is InChI=1S/C21H17ClF3NO4/c22-17-10-13(26-19(27)14-5-3-6-15(14)20(28)29)8-9-18(17)30-11-12-4-1-2-7-16(12)21(23,24)25/h1-2,4,7-10H,3,5-6,11H2,(H,26,27)(H,28,29). The summed E-state index contributed by atoms with van der Waals surface area (Å²) in [6.07, 6.45) is -3.19. The molecule has 0 unspecified atom stereocenters. The number of alkyl halides is 3. The molecule has 0 saturated heterocycles. The molecule has 0 fully saturated rings. The number of anilines is 1. The molecule has 0 saturated carbocycles. The number of benzene rings is 2. The van der Waals surface area contributed by atoms with Crippen LogP contribution < -0.4 is 10.1 Å². The van der Waals surface area contributed by atoms with Crippen molar-refractivity contribution in [1.82, 2.24) is 0 Å². The van der Waals surface area contributed by atoms with Crippen molar-refractivity contribution < 1.29 is 32.6 Å². The summed E-state index contributed by atoms with van der Waals surface area (Å²) in [5.41, 5.74) is -0.182. The Morgan fingerprint density at radius 3 is 2.47 bits per heavy atom. The van der Waals surface area contributed by atoms with E-state index in [0.29, 0.717) is 24.9 Å². The minimum atomic E-state index is -4.50. The van der Waals surface area contributed by atoms with Gasteiger partial charge in [0.2, 0.25) is 0 Å². The van der Waals surface area contributed by atoms with E-state index in [1.807, 2.05) is 0 Å². The second-order valence-corrected chi connectivity index (χ2v) is 7.07. The lowest BCUT2D eigenvalue weighted by Crippen LogP contribution is -2.16. The molecular formula is C21H17ClF3NO4. The first-order valence-electron chi connectivity index (χ1n) is 9.01. The SMILES string of the molecule is O=C(O)C1=C(C(=O)Nc2ccc(OCc3ccccc3C(F)(F)F)c(Cl)c2)CCC1. The average molecular weight is 440 g/mol. The molecule has 2 N–H and O–H groups in total. The molecule has 3 rings (SSSR count). The van der Waals surface area contributed by atoms with E-state index in [1.165, 1.54) is 36.4 Å². The summed E-state index contributed by atoms with van der Waals surface area (Å²) in [5.74, 6) is -1.48. The van der Waals surface area contributed by atoms with Crippen LogP contribution in [0.15, 0.2) is 53.6 Å². The van der Waals surface area contributed by atoms with E-state index < -0.39 is 23.6 Å². The third-order valence-corrected chi connectivity index (χ3v) is 4.94. The van der Waals surface area contributed by atoms with Crippen molar-refractivity contribution in [3.05, 3.63) is 69.8 Å². The Hall–Kier alpha value is -3.00. The molecule has 30 heavy (non-hydrogen) atoms. The van der Waals surface area contributed by atoms with Crippen molar-refractivity contribution >= 4 is 29.2 Å². The van der Waals surface area contributed by atoms with Gasteiger partial charge in [0.25, 0.3) is 5.91 Å². The number of hydrogen-bond acceptors (Lipinski definition) is 3. The fourth-order valence-corrected chi connectivity index (χ4v) is 3.45. The molecule has 0 radical (unpaired) electrons. The quantitative estimate of drug-likeness (QED) is 0.628. The maximum Gasteiger partial charge on any atom is 0.416 e. The number of carboxylic acid groups (broad SMARTS) is 1. The largest absolute Gasteiger partial charge is 0.487 e. The van der Waals surface area contributed by atoms with Gasteiger partial charge in [-0.1, -0.05) is 29.8 Å². The van der Waals surface area contributed by atoms with Gasteiger partial charge in [0.15, 0.2) is 0 Å². The number of amides is 1. The highest BCUT2D eigenvalue weighted by Crippen LogP contribution is 2.34. The fraction of sp³-hybridized carbons (Fsp3) is 0.238. The van der Waals surface area contributed by atoms with Crippen LogP contribution in [0.1, 0.15) is 30.4 Å². The Labute approximate surface area is 175 Å². The Balaban J connectivity index is 1.70. The first-order valence-corrected chi connectivity index (χ1v) is 9.38. The zero-order valence-corrected chi connectivity index (χ0v) is 16.3. The van der Waals surface area contributed by atoms with Gasteiger partial charge in [-0.25, -0.2) is 4.79 Å². The smallest absolute Gasteiger partial charge is 0.416 e. The number of hydrogen-bond donors (Lipinski definition) is 2. The van der Waals surface area contributed by atoms with Gasteiger partial charge >= 0.3 is 12.1 Å². The average Bonchev–Trinajstić information content (AvgIpc) is 3.17. The number of carboxylic acids is 1. The summed E-state index contributed by atoms with van der Waals surface area (Å²) < 4.78 is 44.6. The topological polar surface area (TPSA) is 75.6 Å². The normalized spacial score (nSPS) is 14.0. The molecule has 9 heteroatoms. The lowest BCUT2D eigenvalue weighted by Gasteiger charge is -2.14. The zero-order chi connectivity index (χ0) is 21.9. The molecule has 1 amide bonds. The molecule has 0 aromatic heterocycles. The molecular weight excluding hydrogens is 423 g/mol. The summed E-state index contributed by atoms with van der Waals surface area (Å²) in [4.78, 5) is 23.6. The van der Waals surface area contributed by atoms with Gasteiger partial charge in [-0.3, -0.25) is 4.79 Å². The molecule has 1 aliphatic rings. The number of nitrogens with one attached hydrogen (secondary N) is 1. The minimum Gasteiger partial charge on any atom is -0.487 e. The summed E-state index contributed by atoms with van der Waals surface area (Å²) >= 11 is 6.14. The predicted molar refractivity (Wildman–Crippen MR) is 104 cm³/mol. The molecule has 0 heterocycles. The molecule has 2 aromatic carbocycles. The van der Waals surface area contributed by atoms with Crippen molar-refractivity contribution in [2.75, 3.05) is 5.32 Å². The van der Waals surface area contributed by atoms with Crippen molar-refractivity contribution in [1.29, 1.82) is 0 Å². The lowest BCUT2D eigenvalue weighted by atomic mass is 10.1. The van der Waals surface area contributed by atoms with Crippen LogP contribution >= 0.6 is 11.6 Å². The van der Waals surface area contributed by atoms with Crippen LogP contribution in [0.5, 0.6) is 5.75 Å². The van der Waals surface area contributed by atoms with Gasteiger partial charge in [-0.05, 0) is 43.5 Å². The Kier molecular flexibility index (Phi) is 6.36. The van der Waals surface area contributed by atoms with E-state index in [2.05, 4.69) is 5.32 Å². The molecule has 0 atom stereocenters. The van der Waals surface area contributed by atoms with Crippen LogP contribution in [0.2, 0.25) is 5.02 Å². The highest BCUT2D eigenvalue weighted by molar-refractivity contribution is 6.32. The molecule has 2 aromatic rings. The zero-order valence-electron chi connectivity index (χ0n) is 15.6. The third-order valence-electron chi connectivity index (χ3n) is 4.65. The maximum atomic E-state index is 13.1. The summed E-state index contributed by atoms with van der Waals surface area (Å²) in [7, 11) is 0. The predicted octanol–water partition coefficient (Wildman–Crippen LogP) is 5.44. The Bertz CT molecular complexity index is 1020. The highest BCUT2D eigenvalue weighted by Gasteiger charge is 2.33. The number of halogens is 4. The van der Waals surface area contributed by atoms with Crippen LogP contribution in [0, 0.1) is 0 Å². The van der Waals surface area contributed by atoms with Crippen LogP contribution in [0.25, 0.3) is 0 Å². The van der Waals surface area contributed by atoms with Crippen LogP contribution in [-0.4, -0.2) is 17.0 Å². The number of ether oxygens (including phenoxy) is 1. The second-order valence-electron chi connectivity index (χ2n) is 6.66. The fourth-order valence-electron chi connectivity index (χ4n) is 3.21. The van der Waals surface area contributed by atoms with E-state index in [1.54, 1.807) is 0 Å². The number of carbonyl (C=O) groups is 2. The number of aliphatic carboxylic acids is 1. The summed E-state index contributed by atoms with van der Waals surface area (Å²) in [6.45, 7) is -0.337. The van der Waals surface area contributed by atoms with Crippen molar-refractivity contribution in [2.45, 2.75) is 32.0 Å². The summed E-state index contributed by atoms with van der Waals surface area (Å²) in [5, 5.41) is 11.8. The van der Waals surface area contributed by atoms with Gasteiger partial charge in [-0.2, -0.15) is 13.2 Å². The molecule has 5 nitrogen and oxygen atoms in total. The van der Waals surface area contributed by atoms with Crippen LogP contribution in [0.3, 0.4) is 0 Å².